The van der Waals surface area contributed by atoms with E-state index in [9.17, 15) is 0 Å². The zero-order valence-electron chi connectivity index (χ0n) is 11.6. The zero-order chi connectivity index (χ0) is 12.8. The summed E-state index contributed by atoms with van der Waals surface area (Å²) in [6.07, 6.45) is 5.67. The lowest BCUT2D eigenvalue weighted by molar-refractivity contribution is -0.170. The van der Waals surface area contributed by atoms with E-state index in [1.165, 1.54) is 30.4 Å². The summed E-state index contributed by atoms with van der Waals surface area (Å²) in [6.45, 7) is 5.81. The molecule has 1 fully saturated rings. The first-order valence-electron chi connectivity index (χ1n) is 7.18. The highest BCUT2D eigenvalue weighted by molar-refractivity contribution is 5.26. The molecular weight excluding hydrogens is 224 g/mol. The SMILES string of the molecule is CCCCc1ccc(C2(CCC)OCCO2)cc1. The Morgan fingerprint density at radius 1 is 1.00 bits per heavy atom. The van der Waals surface area contributed by atoms with Gasteiger partial charge in [-0.1, -0.05) is 51.0 Å². The molecule has 1 aromatic rings. The van der Waals surface area contributed by atoms with Gasteiger partial charge in [0.1, 0.15) is 0 Å². The summed E-state index contributed by atoms with van der Waals surface area (Å²) >= 11 is 0. The average Bonchev–Trinajstić information content (AvgIpc) is 2.87. The second kappa shape index (κ2) is 6.35. The number of hydrogen-bond donors (Lipinski definition) is 0. The van der Waals surface area contributed by atoms with Crippen molar-refractivity contribution in [2.75, 3.05) is 13.2 Å². The second-order valence-electron chi connectivity index (χ2n) is 5.00. The summed E-state index contributed by atoms with van der Waals surface area (Å²) in [5, 5.41) is 0. The lowest BCUT2D eigenvalue weighted by atomic mass is 9.98. The largest absolute Gasteiger partial charge is 0.343 e. The van der Waals surface area contributed by atoms with Crippen molar-refractivity contribution in [2.45, 2.75) is 51.7 Å². The Labute approximate surface area is 110 Å². The fourth-order valence-corrected chi connectivity index (χ4v) is 2.55. The molecular formula is C16H24O2. The molecule has 0 amide bonds. The zero-order valence-corrected chi connectivity index (χ0v) is 11.6. The highest BCUT2D eigenvalue weighted by Gasteiger charge is 2.37. The molecule has 18 heavy (non-hydrogen) atoms. The van der Waals surface area contributed by atoms with Crippen molar-refractivity contribution in [1.29, 1.82) is 0 Å². The first kappa shape index (κ1) is 13.6. The Kier molecular flexibility index (Phi) is 4.79. The maximum atomic E-state index is 5.87. The summed E-state index contributed by atoms with van der Waals surface area (Å²) in [5.41, 5.74) is 2.58. The number of hydrogen-bond acceptors (Lipinski definition) is 2. The van der Waals surface area contributed by atoms with Gasteiger partial charge in [0.05, 0.1) is 13.2 Å². The van der Waals surface area contributed by atoms with Gasteiger partial charge in [0, 0.05) is 12.0 Å². The third-order valence-corrected chi connectivity index (χ3v) is 3.55. The second-order valence-corrected chi connectivity index (χ2v) is 5.00. The molecule has 0 spiro atoms. The molecule has 1 aliphatic heterocycles. The van der Waals surface area contributed by atoms with E-state index < -0.39 is 5.79 Å². The van der Waals surface area contributed by atoms with E-state index in [-0.39, 0.29) is 0 Å². The normalized spacial score (nSPS) is 18.1. The summed E-state index contributed by atoms with van der Waals surface area (Å²) in [5.74, 6) is -0.474. The van der Waals surface area contributed by atoms with E-state index in [0.29, 0.717) is 13.2 Å². The summed E-state index contributed by atoms with van der Waals surface area (Å²) in [6, 6.07) is 8.78. The Bertz CT molecular complexity index is 350. The molecule has 0 atom stereocenters. The van der Waals surface area contributed by atoms with Crippen LogP contribution in [0.1, 0.15) is 50.7 Å². The number of unbranched alkanes of at least 4 members (excludes halogenated alkanes) is 1. The fourth-order valence-electron chi connectivity index (χ4n) is 2.55. The standard InChI is InChI=1S/C16H24O2/c1-3-5-6-14-7-9-15(10-8-14)16(11-4-2)17-12-13-18-16/h7-10H,3-6,11-13H2,1-2H3. The van der Waals surface area contributed by atoms with E-state index in [2.05, 4.69) is 38.1 Å². The van der Waals surface area contributed by atoms with Crippen LogP contribution in [0.25, 0.3) is 0 Å². The van der Waals surface area contributed by atoms with Crippen molar-refractivity contribution in [2.24, 2.45) is 0 Å². The number of rotatable bonds is 6. The van der Waals surface area contributed by atoms with E-state index in [1.807, 2.05) is 0 Å². The van der Waals surface area contributed by atoms with Gasteiger partial charge < -0.3 is 9.47 Å². The Morgan fingerprint density at radius 3 is 2.22 bits per heavy atom. The molecule has 0 aliphatic carbocycles. The summed E-state index contributed by atoms with van der Waals surface area (Å²) in [7, 11) is 0. The van der Waals surface area contributed by atoms with Crippen molar-refractivity contribution in [3.63, 3.8) is 0 Å². The minimum atomic E-state index is -0.474. The maximum Gasteiger partial charge on any atom is 0.194 e. The molecule has 2 heteroatoms. The van der Waals surface area contributed by atoms with E-state index in [4.69, 9.17) is 9.47 Å². The molecule has 1 saturated heterocycles. The molecule has 2 rings (SSSR count). The van der Waals surface area contributed by atoms with Gasteiger partial charge in [0.25, 0.3) is 0 Å². The van der Waals surface area contributed by atoms with Gasteiger partial charge in [-0.3, -0.25) is 0 Å². The van der Waals surface area contributed by atoms with Gasteiger partial charge in [0.2, 0.25) is 0 Å². The predicted octanol–water partition coefficient (Wildman–Crippen LogP) is 4.03. The molecule has 0 saturated carbocycles. The van der Waals surface area contributed by atoms with E-state index >= 15 is 0 Å². The minimum absolute atomic E-state index is 0.474. The Balaban J connectivity index is 2.11. The first-order chi connectivity index (χ1) is 8.80. The van der Waals surface area contributed by atoms with Crippen LogP contribution in [-0.2, 0) is 21.7 Å². The van der Waals surface area contributed by atoms with Gasteiger partial charge >= 0.3 is 0 Å². The molecule has 1 heterocycles. The molecule has 0 aromatic heterocycles. The first-order valence-corrected chi connectivity index (χ1v) is 7.18. The van der Waals surface area contributed by atoms with Gasteiger partial charge in [-0.2, -0.15) is 0 Å². The average molecular weight is 248 g/mol. The highest BCUT2D eigenvalue weighted by Crippen LogP contribution is 2.35. The van der Waals surface area contributed by atoms with Gasteiger partial charge in [-0.25, -0.2) is 0 Å². The van der Waals surface area contributed by atoms with Crippen molar-refractivity contribution in [1.82, 2.24) is 0 Å². The van der Waals surface area contributed by atoms with Crippen LogP contribution in [0.15, 0.2) is 24.3 Å². The van der Waals surface area contributed by atoms with Crippen LogP contribution in [0.5, 0.6) is 0 Å². The van der Waals surface area contributed by atoms with E-state index in [1.54, 1.807) is 0 Å². The number of ether oxygens (including phenoxy) is 2. The number of aryl methyl sites for hydroxylation is 1. The van der Waals surface area contributed by atoms with Gasteiger partial charge in [0.15, 0.2) is 5.79 Å². The number of benzene rings is 1. The third-order valence-electron chi connectivity index (χ3n) is 3.55. The smallest absolute Gasteiger partial charge is 0.194 e. The van der Waals surface area contributed by atoms with Crippen LogP contribution in [-0.4, -0.2) is 13.2 Å². The Morgan fingerprint density at radius 2 is 1.67 bits per heavy atom. The van der Waals surface area contributed by atoms with Gasteiger partial charge in [-0.05, 0) is 18.4 Å². The molecule has 0 bridgehead atoms. The lowest BCUT2D eigenvalue weighted by Gasteiger charge is -2.27. The molecule has 100 valence electrons. The summed E-state index contributed by atoms with van der Waals surface area (Å²) < 4.78 is 11.7. The third kappa shape index (κ3) is 2.93. The highest BCUT2D eigenvalue weighted by atomic mass is 16.7. The molecule has 2 nitrogen and oxygen atoms in total. The van der Waals surface area contributed by atoms with Crippen LogP contribution >= 0.6 is 0 Å². The molecule has 0 unspecified atom stereocenters. The van der Waals surface area contributed by atoms with Crippen molar-refractivity contribution < 1.29 is 9.47 Å². The predicted molar refractivity (Wildman–Crippen MR) is 73.5 cm³/mol. The van der Waals surface area contributed by atoms with Crippen LogP contribution in [0, 0.1) is 0 Å². The quantitative estimate of drug-likeness (QED) is 0.756. The monoisotopic (exact) mass is 248 g/mol. The minimum Gasteiger partial charge on any atom is -0.343 e. The summed E-state index contributed by atoms with van der Waals surface area (Å²) in [4.78, 5) is 0. The molecule has 1 aliphatic rings. The van der Waals surface area contributed by atoms with Crippen LogP contribution in [0.2, 0.25) is 0 Å². The van der Waals surface area contributed by atoms with Crippen molar-refractivity contribution >= 4 is 0 Å². The van der Waals surface area contributed by atoms with Crippen LogP contribution < -0.4 is 0 Å². The van der Waals surface area contributed by atoms with Crippen molar-refractivity contribution in [3.8, 4) is 0 Å². The van der Waals surface area contributed by atoms with Crippen LogP contribution in [0.3, 0.4) is 0 Å². The molecule has 0 N–H and O–H groups in total. The van der Waals surface area contributed by atoms with E-state index in [0.717, 1.165) is 12.8 Å². The topological polar surface area (TPSA) is 18.5 Å². The molecule has 0 radical (unpaired) electrons. The Hall–Kier alpha value is -0.860. The van der Waals surface area contributed by atoms with Crippen LogP contribution in [0.4, 0.5) is 0 Å². The van der Waals surface area contributed by atoms with Crippen molar-refractivity contribution in [3.05, 3.63) is 35.4 Å². The lowest BCUT2D eigenvalue weighted by Crippen LogP contribution is -2.26. The van der Waals surface area contributed by atoms with Gasteiger partial charge in [-0.15, -0.1) is 0 Å². The fraction of sp³-hybridized carbons (Fsp3) is 0.625. The maximum absolute atomic E-state index is 5.87. The molecule has 1 aromatic carbocycles.